The highest BCUT2D eigenvalue weighted by molar-refractivity contribution is 6.32. The molecule has 30 heavy (non-hydrogen) atoms. The fraction of sp³-hybridized carbons (Fsp3) is 0.167. The first-order valence-corrected chi connectivity index (χ1v) is 10.1. The lowest BCUT2D eigenvalue weighted by molar-refractivity contribution is 0.301. The highest BCUT2D eigenvalue weighted by Gasteiger charge is 2.13. The summed E-state index contributed by atoms with van der Waals surface area (Å²) in [4.78, 5) is 18.0. The minimum Gasteiger partial charge on any atom is -0.497 e. The predicted octanol–water partition coefficient (Wildman–Crippen LogP) is 5.19. The summed E-state index contributed by atoms with van der Waals surface area (Å²) in [5.41, 5.74) is 1.46. The standard InChI is InChI=1S/C24H21ClN2O3/c1-29-18-13-11-17(12-14-18)23-26-21-9-4-2-7-19(21)24(28)27(23)15-6-16-30-22-10-5-3-8-20(22)25/h2-5,7-14H,6,15-16H2,1H3. The molecule has 0 fully saturated rings. The van der Waals surface area contributed by atoms with E-state index in [1.54, 1.807) is 23.8 Å². The summed E-state index contributed by atoms with van der Waals surface area (Å²) < 4.78 is 12.7. The van der Waals surface area contributed by atoms with E-state index in [4.69, 9.17) is 26.1 Å². The lowest BCUT2D eigenvalue weighted by atomic mass is 10.1. The van der Waals surface area contributed by atoms with Crippen molar-refractivity contribution in [3.63, 3.8) is 0 Å². The topological polar surface area (TPSA) is 53.3 Å². The van der Waals surface area contributed by atoms with E-state index in [9.17, 15) is 4.79 Å². The maximum Gasteiger partial charge on any atom is 0.261 e. The zero-order valence-corrected chi connectivity index (χ0v) is 17.3. The van der Waals surface area contributed by atoms with Crippen LogP contribution in [0.25, 0.3) is 22.3 Å². The molecule has 0 atom stereocenters. The first kappa shape index (κ1) is 20.0. The Hall–Kier alpha value is -3.31. The second-order valence-corrected chi connectivity index (χ2v) is 7.18. The van der Waals surface area contributed by atoms with E-state index in [0.717, 1.165) is 11.3 Å². The van der Waals surface area contributed by atoms with Crippen LogP contribution in [0.15, 0.2) is 77.6 Å². The summed E-state index contributed by atoms with van der Waals surface area (Å²) in [5, 5.41) is 1.17. The number of halogens is 1. The third-order valence-electron chi connectivity index (χ3n) is 4.83. The molecule has 5 nitrogen and oxygen atoms in total. The zero-order chi connectivity index (χ0) is 20.9. The SMILES string of the molecule is COc1ccc(-c2nc3ccccc3c(=O)n2CCCOc2ccccc2Cl)cc1. The van der Waals surface area contributed by atoms with Crippen molar-refractivity contribution in [3.05, 3.63) is 88.2 Å². The summed E-state index contributed by atoms with van der Waals surface area (Å²) >= 11 is 6.14. The third-order valence-corrected chi connectivity index (χ3v) is 5.14. The molecule has 0 aliphatic rings. The van der Waals surface area contributed by atoms with Crippen molar-refractivity contribution >= 4 is 22.5 Å². The summed E-state index contributed by atoms with van der Waals surface area (Å²) in [5.74, 6) is 2.01. The first-order chi connectivity index (χ1) is 14.7. The summed E-state index contributed by atoms with van der Waals surface area (Å²) in [6.45, 7) is 0.910. The van der Waals surface area contributed by atoms with Crippen LogP contribution < -0.4 is 15.0 Å². The van der Waals surface area contributed by atoms with Gasteiger partial charge in [-0.2, -0.15) is 0 Å². The predicted molar refractivity (Wildman–Crippen MR) is 120 cm³/mol. The maximum absolute atomic E-state index is 13.2. The van der Waals surface area contributed by atoms with Crippen LogP contribution in [0.3, 0.4) is 0 Å². The first-order valence-electron chi connectivity index (χ1n) is 9.69. The van der Waals surface area contributed by atoms with E-state index in [-0.39, 0.29) is 5.56 Å². The summed E-state index contributed by atoms with van der Waals surface area (Å²) in [6, 6.07) is 22.3. The molecule has 0 N–H and O–H groups in total. The number of ether oxygens (including phenoxy) is 2. The second-order valence-electron chi connectivity index (χ2n) is 6.77. The van der Waals surface area contributed by atoms with Gasteiger partial charge in [-0.05, 0) is 55.0 Å². The average molecular weight is 421 g/mol. The van der Waals surface area contributed by atoms with Gasteiger partial charge in [0.1, 0.15) is 17.3 Å². The Labute approximate surface area is 179 Å². The third kappa shape index (κ3) is 4.16. The Balaban J connectivity index is 1.63. The molecule has 0 unspecified atom stereocenters. The summed E-state index contributed by atoms with van der Waals surface area (Å²) in [7, 11) is 1.62. The number of methoxy groups -OCH3 is 1. The van der Waals surface area contributed by atoms with Gasteiger partial charge in [0.25, 0.3) is 5.56 Å². The van der Waals surface area contributed by atoms with Gasteiger partial charge in [-0.3, -0.25) is 9.36 Å². The molecule has 0 radical (unpaired) electrons. The van der Waals surface area contributed by atoms with Crippen LogP contribution in [0.4, 0.5) is 0 Å². The van der Waals surface area contributed by atoms with Crippen molar-refractivity contribution in [2.75, 3.05) is 13.7 Å². The molecular formula is C24H21ClN2O3. The van der Waals surface area contributed by atoms with E-state index in [0.29, 0.717) is 47.1 Å². The summed E-state index contributed by atoms with van der Waals surface area (Å²) in [6.07, 6.45) is 0.633. The van der Waals surface area contributed by atoms with Gasteiger partial charge in [-0.1, -0.05) is 35.9 Å². The molecule has 152 valence electrons. The molecule has 0 amide bonds. The Morgan fingerprint density at radius 2 is 1.70 bits per heavy atom. The molecule has 1 heterocycles. The van der Waals surface area contributed by atoms with E-state index in [1.165, 1.54) is 0 Å². The Morgan fingerprint density at radius 1 is 0.967 bits per heavy atom. The smallest absolute Gasteiger partial charge is 0.261 e. The molecule has 0 spiro atoms. The van der Waals surface area contributed by atoms with Gasteiger partial charge in [0.2, 0.25) is 0 Å². The van der Waals surface area contributed by atoms with Gasteiger partial charge >= 0.3 is 0 Å². The minimum absolute atomic E-state index is 0.0656. The molecule has 3 aromatic carbocycles. The Bertz CT molecular complexity index is 1220. The van der Waals surface area contributed by atoms with Crippen molar-refractivity contribution in [1.29, 1.82) is 0 Å². The van der Waals surface area contributed by atoms with Crippen LogP contribution in [-0.2, 0) is 6.54 Å². The highest BCUT2D eigenvalue weighted by atomic mass is 35.5. The fourth-order valence-electron chi connectivity index (χ4n) is 3.30. The van der Waals surface area contributed by atoms with Crippen molar-refractivity contribution < 1.29 is 9.47 Å². The number of rotatable bonds is 7. The number of benzene rings is 3. The molecular weight excluding hydrogens is 400 g/mol. The van der Waals surface area contributed by atoms with E-state index < -0.39 is 0 Å². The van der Waals surface area contributed by atoms with Crippen LogP contribution in [0, 0.1) is 0 Å². The number of hydrogen-bond donors (Lipinski definition) is 0. The molecule has 0 aliphatic carbocycles. The largest absolute Gasteiger partial charge is 0.497 e. The monoisotopic (exact) mass is 420 g/mol. The quantitative estimate of drug-likeness (QED) is 0.386. The molecule has 1 aromatic heterocycles. The molecule has 0 bridgehead atoms. The minimum atomic E-state index is -0.0656. The van der Waals surface area contributed by atoms with Gasteiger partial charge in [-0.15, -0.1) is 0 Å². The number of aromatic nitrogens is 2. The van der Waals surface area contributed by atoms with Crippen molar-refractivity contribution in [2.45, 2.75) is 13.0 Å². The van der Waals surface area contributed by atoms with Crippen molar-refractivity contribution in [2.24, 2.45) is 0 Å². The average Bonchev–Trinajstić information content (AvgIpc) is 2.79. The number of nitrogens with zero attached hydrogens (tertiary/aromatic N) is 2. The van der Waals surface area contributed by atoms with E-state index in [1.807, 2.05) is 60.7 Å². The van der Waals surface area contributed by atoms with Crippen LogP contribution in [0.2, 0.25) is 5.02 Å². The molecule has 0 aliphatic heterocycles. The highest BCUT2D eigenvalue weighted by Crippen LogP contribution is 2.24. The normalized spacial score (nSPS) is 10.9. The van der Waals surface area contributed by atoms with Gasteiger partial charge in [0.15, 0.2) is 0 Å². The lowest BCUT2D eigenvalue weighted by Crippen LogP contribution is -2.24. The molecule has 4 rings (SSSR count). The maximum atomic E-state index is 13.2. The van der Waals surface area contributed by atoms with Gasteiger partial charge in [0, 0.05) is 12.1 Å². The van der Waals surface area contributed by atoms with Crippen LogP contribution in [0.1, 0.15) is 6.42 Å². The van der Waals surface area contributed by atoms with Gasteiger partial charge in [-0.25, -0.2) is 4.98 Å². The van der Waals surface area contributed by atoms with Crippen molar-refractivity contribution in [3.8, 4) is 22.9 Å². The Kier molecular flexibility index (Phi) is 6.00. The fourth-order valence-corrected chi connectivity index (χ4v) is 3.49. The molecule has 0 saturated heterocycles. The second kappa shape index (κ2) is 9.01. The molecule has 4 aromatic rings. The number of hydrogen-bond acceptors (Lipinski definition) is 4. The molecule has 6 heteroatoms. The van der Waals surface area contributed by atoms with E-state index >= 15 is 0 Å². The van der Waals surface area contributed by atoms with Crippen LogP contribution in [0.5, 0.6) is 11.5 Å². The number of fused-ring (bicyclic) bond motifs is 1. The van der Waals surface area contributed by atoms with Crippen LogP contribution in [-0.4, -0.2) is 23.3 Å². The van der Waals surface area contributed by atoms with E-state index in [2.05, 4.69) is 0 Å². The van der Waals surface area contributed by atoms with Gasteiger partial charge < -0.3 is 9.47 Å². The van der Waals surface area contributed by atoms with Crippen LogP contribution >= 0.6 is 11.6 Å². The zero-order valence-electron chi connectivity index (χ0n) is 16.5. The van der Waals surface area contributed by atoms with Gasteiger partial charge in [0.05, 0.1) is 29.6 Å². The number of para-hydroxylation sites is 2. The lowest BCUT2D eigenvalue weighted by Gasteiger charge is -2.14. The molecule has 0 saturated carbocycles. The Morgan fingerprint density at radius 3 is 2.47 bits per heavy atom. The van der Waals surface area contributed by atoms with Crippen molar-refractivity contribution in [1.82, 2.24) is 9.55 Å².